The molecular weight excluding hydrogens is 168 g/mol. The Balaban J connectivity index is 1.99. The fourth-order valence-electron chi connectivity index (χ4n) is 1.98. The molecule has 0 aliphatic carbocycles. The zero-order valence-corrected chi connectivity index (χ0v) is 7.74. The summed E-state index contributed by atoms with van der Waals surface area (Å²) in [5.74, 6) is -0.510. The number of fused-ring (bicyclic) bond motifs is 2. The summed E-state index contributed by atoms with van der Waals surface area (Å²) >= 11 is 0. The Labute approximate surface area is 78.3 Å². The van der Waals surface area contributed by atoms with Crippen molar-refractivity contribution in [1.82, 2.24) is 0 Å². The van der Waals surface area contributed by atoms with Gasteiger partial charge in [0.1, 0.15) is 0 Å². The summed E-state index contributed by atoms with van der Waals surface area (Å²) in [5, 5.41) is 8.69. The van der Waals surface area contributed by atoms with Crippen LogP contribution in [0.5, 0.6) is 0 Å². The minimum atomic E-state index is -0.510. The molecule has 2 rings (SSSR count). The fraction of sp³-hybridized carbons (Fsp3) is 0.800. The average Bonchev–Trinajstić information content (AvgIpc) is 2.40. The van der Waals surface area contributed by atoms with Crippen LogP contribution >= 0.6 is 0 Å². The van der Waals surface area contributed by atoms with E-state index in [9.17, 15) is 0 Å². The van der Waals surface area contributed by atoms with Gasteiger partial charge >= 0.3 is 0 Å². The first-order valence-electron chi connectivity index (χ1n) is 4.97. The van der Waals surface area contributed by atoms with Crippen LogP contribution in [0.1, 0.15) is 25.7 Å². The van der Waals surface area contributed by atoms with Crippen LogP contribution in [0, 0.1) is 0 Å². The van der Waals surface area contributed by atoms with Gasteiger partial charge in [-0.05, 0) is 18.9 Å². The van der Waals surface area contributed by atoms with Gasteiger partial charge in [-0.25, -0.2) is 0 Å². The van der Waals surface area contributed by atoms with E-state index in [1.807, 2.05) is 6.08 Å². The maximum atomic E-state index is 8.69. The lowest BCUT2D eigenvalue weighted by atomic mass is 10.0. The van der Waals surface area contributed by atoms with Crippen molar-refractivity contribution in [2.24, 2.45) is 0 Å². The van der Waals surface area contributed by atoms with Crippen LogP contribution < -0.4 is 0 Å². The van der Waals surface area contributed by atoms with Crippen molar-refractivity contribution < 1.29 is 14.6 Å². The van der Waals surface area contributed by atoms with Crippen molar-refractivity contribution in [1.29, 1.82) is 0 Å². The van der Waals surface area contributed by atoms with E-state index in [1.54, 1.807) is 0 Å². The molecule has 0 aromatic heterocycles. The second-order valence-electron chi connectivity index (χ2n) is 3.65. The summed E-state index contributed by atoms with van der Waals surface area (Å²) in [6, 6.07) is 0. The summed E-state index contributed by atoms with van der Waals surface area (Å²) in [5.41, 5.74) is 0. The second kappa shape index (κ2) is 3.78. The van der Waals surface area contributed by atoms with E-state index in [4.69, 9.17) is 14.6 Å². The number of ether oxygens (including phenoxy) is 2. The molecule has 3 nitrogen and oxygen atoms in total. The first-order valence-corrected chi connectivity index (χ1v) is 4.97. The highest BCUT2D eigenvalue weighted by molar-refractivity contribution is 5.08. The van der Waals surface area contributed by atoms with E-state index < -0.39 is 5.79 Å². The molecule has 0 aromatic rings. The second-order valence-corrected chi connectivity index (χ2v) is 3.65. The molecule has 2 aliphatic rings. The molecule has 74 valence electrons. The molecular formula is C10H16O3. The van der Waals surface area contributed by atoms with Crippen molar-refractivity contribution in [2.45, 2.75) is 37.6 Å². The third-order valence-corrected chi connectivity index (χ3v) is 2.62. The van der Waals surface area contributed by atoms with Crippen LogP contribution in [0.4, 0.5) is 0 Å². The zero-order chi connectivity index (χ0) is 9.15. The topological polar surface area (TPSA) is 38.7 Å². The summed E-state index contributed by atoms with van der Waals surface area (Å²) in [4.78, 5) is 0. The third-order valence-electron chi connectivity index (χ3n) is 2.62. The van der Waals surface area contributed by atoms with E-state index >= 15 is 0 Å². The van der Waals surface area contributed by atoms with Crippen LogP contribution in [0.15, 0.2) is 12.2 Å². The van der Waals surface area contributed by atoms with E-state index in [0.29, 0.717) is 6.61 Å². The highest BCUT2D eigenvalue weighted by Crippen LogP contribution is 2.35. The Morgan fingerprint density at radius 3 is 3.31 bits per heavy atom. The lowest BCUT2D eigenvalue weighted by Crippen LogP contribution is -2.32. The summed E-state index contributed by atoms with van der Waals surface area (Å²) in [7, 11) is 0. The first-order chi connectivity index (χ1) is 6.35. The maximum absolute atomic E-state index is 8.69. The minimum absolute atomic E-state index is 0.0591. The van der Waals surface area contributed by atoms with E-state index in [1.165, 1.54) is 6.42 Å². The van der Waals surface area contributed by atoms with E-state index in [-0.39, 0.29) is 12.7 Å². The Bertz CT molecular complexity index is 202. The lowest BCUT2D eigenvalue weighted by molar-refractivity contribution is -0.209. The van der Waals surface area contributed by atoms with E-state index in [0.717, 1.165) is 19.3 Å². The van der Waals surface area contributed by atoms with Gasteiger partial charge in [0.25, 0.3) is 0 Å². The lowest BCUT2D eigenvalue weighted by Gasteiger charge is -2.26. The largest absolute Gasteiger partial charge is 0.394 e. The molecule has 0 amide bonds. The predicted octanol–water partition coefficient (Wildman–Crippen LogP) is 1.22. The third kappa shape index (κ3) is 1.93. The summed E-state index contributed by atoms with van der Waals surface area (Å²) in [6.07, 6.45) is 8.69. The zero-order valence-electron chi connectivity index (χ0n) is 7.74. The normalized spacial score (nSPS) is 37.8. The van der Waals surface area contributed by atoms with Gasteiger partial charge < -0.3 is 14.6 Å². The molecule has 0 spiro atoms. The fourth-order valence-corrected chi connectivity index (χ4v) is 1.98. The molecule has 0 aromatic carbocycles. The molecule has 1 fully saturated rings. The summed E-state index contributed by atoms with van der Waals surface area (Å²) in [6.45, 7) is 0.417. The van der Waals surface area contributed by atoms with Crippen LogP contribution in [-0.2, 0) is 9.47 Å². The maximum Gasteiger partial charge on any atom is 0.188 e. The van der Waals surface area contributed by atoms with Gasteiger partial charge in [0.2, 0.25) is 0 Å². The molecule has 13 heavy (non-hydrogen) atoms. The molecule has 3 heteroatoms. The molecule has 2 heterocycles. The smallest absolute Gasteiger partial charge is 0.188 e. The van der Waals surface area contributed by atoms with Crippen molar-refractivity contribution in [3.63, 3.8) is 0 Å². The molecule has 2 bridgehead atoms. The molecule has 1 saturated heterocycles. The molecule has 0 radical (unpaired) electrons. The number of rotatable bonds is 3. The van der Waals surface area contributed by atoms with Gasteiger partial charge in [0.15, 0.2) is 5.79 Å². The number of hydrogen-bond acceptors (Lipinski definition) is 3. The van der Waals surface area contributed by atoms with Crippen LogP contribution in [0.25, 0.3) is 0 Å². The number of aliphatic hydroxyl groups excluding tert-OH is 1. The molecule has 1 N–H and O–H groups in total. The van der Waals surface area contributed by atoms with Gasteiger partial charge in [-0.1, -0.05) is 12.5 Å². The van der Waals surface area contributed by atoms with Gasteiger partial charge in [0, 0.05) is 6.42 Å². The minimum Gasteiger partial charge on any atom is -0.394 e. The van der Waals surface area contributed by atoms with Crippen LogP contribution in [0.3, 0.4) is 0 Å². The van der Waals surface area contributed by atoms with E-state index in [2.05, 4.69) is 6.08 Å². The Morgan fingerprint density at radius 1 is 1.54 bits per heavy atom. The SMILES string of the molecule is OCCOC12C=CC(CCCC1)O2. The number of hydrogen-bond donors (Lipinski definition) is 1. The van der Waals surface area contributed by atoms with Crippen molar-refractivity contribution in [3.8, 4) is 0 Å². The van der Waals surface area contributed by atoms with Gasteiger partial charge in [-0.3, -0.25) is 0 Å². The van der Waals surface area contributed by atoms with Crippen LogP contribution in [0.2, 0.25) is 0 Å². The predicted molar refractivity (Wildman–Crippen MR) is 48.2 cm³/mol. The van der Waals surface area contributed by atoms with Gasteiger partial charge in [-0.15, -0.1) is 0 Å². The van der Waals surface area contributed by atoms with Crippen molar-refractivity contribution in [2.75, 3.05) is 13.2 Å². The highest BCUT2D eigenvalue weighted by Gasteiger charge is 2.37. The molecule has 0 saturated carbocycles. The highest BCUT2D eigenvalue weighted by atomic mass is 16.7. The Hall–Kier alpha value is -0.380. The average molecular weight is 184 g/mol. The van der Waals surface area contributed by atoms with Gasteiger partial charge in [0.05, 0.1) is 19.3 Å². The van der Waals surface area contributed by atoms with Crippen molar-refractivity contribution >= 4 is 0 Å². The summed E-state index contributed by atoms with van der Waals surface area (Å²) < 4.78 is 11.3. The standard InChI is InChI=1S/C10H16O3/c11-7-8-12-10-5-2-1-3-9(13-10)4-6-10/h4,6,9,11H,1-3,5,7-8H2. The molecule has 2 aliphatic heterocycles. The Morgan fingerprint density at radius 2 is 2.46 bits per heavy atom. The molecule has 2 unspecified atom stereocenters. The monoisotopic (exact) mass is 184 g/mol. The van der Waals surface area contributed by atoms with Crippen LogP contribution in [-0.4, -0.2) is 30.2 Å². The first kappa shape index (κ1) is 9.19. The van der Waals surface area contributed by atoms with Gasteiger partial charge in [-0.2, -0.15) is 0 Å². The molecule has 2 atom stereocenters. The van der Waals surface area contributed by atoms with Crippen molar-refractivity contribution in [3.05, 3.63) is 12.2 Å². The number of aliphatic hydroxyl groups is 1. The quantitative estimate of drug-likeness (QED) is 0.670. The Kier molecular flexibility index (Phi) is 2.67.